The van der Waals surface area contributed by atoms with Crippen LogP contribution in [0.2, 0.25) is 0 Å². The highest BCUT2D eigenvalue weighted by atomic mass is 32.2. The normalized spacial score (nSPS) is 17.4. The lowest BCUT2D eigenvalue weighted by Crippen LogP contribution is -2.39. The van der Waals surface area contributed by atoms with Crippen molar-refractivity contribution in [3.05, 3.63) is 63.9 Å². The Morgan fingerprint density at radius 3 is 2.58 bits per heavy atom. The van der Waals surface area contributed by atoms with Gasteiger partial charge in [0.1, 0.15) is 13.2 Å². The highest BCUT2D eigenvalue weighted by molar-refractivity contribution is 7.89. The Labute approximate surface area is 207 Å². The highest BCUT2D eigenvalue weighted by Crippen LogP contribution is 2.34. The number of carbonyl (C=O) groups excluding carboxylic acids is 1. The molecular weight excluding hydrogens is 488 g/mol. The van der Waals surface area contributed by atoms with Gasteiger partial charge in [0, 0.05) is 36.7 Å². The second-order valence-electron chi connectivity index (χ2n) is 8.63. The summed E-state index contributed by atoms with van der Waals surface area (Å²) in [4.78, 5) is 28.0. The van der Waals surface area contributed by atoms with Gasteiger partial charge in [0.2, 0.25) is 10.0 Å². The zero-order valence-corrected chi connectivity index (χ0v) is 20.5. The zero-order chi connectivity index (χ0) is 25.3. The van der Waals surface area contributed by atoms with Crippen LogP contribution in [-0.4, -0.2) is 63.3 Å². The molecule has 3 heterocycles. The molecule has 1 atom stereocenters. The molecule has 1 aromatic heterocycles. The molecule has 2 aromatic carbocycles. The highest BCUT2D eigenvalue weighted by Gasteiger charge is 2.33. The fraction of sp³-hybridized carbons (Fsp3) is 0.360. The number of sulfonamides is 1. The van der Waals surface area contributed by atoms with Crippen LogP contribution in [0.15, 0.2) is 52.2 Å². The number of fused-ring (bicyclic) bond motifs is 2. The topological polar surface area (TPSA) is 124 Å². The Morgan fingerprint density at radius 2 is 1.86 bits per heavy atom. The van der Waals surface area contributed by atoms with E-state index in [4.69, 9.17) is 18.9 Å². The summed E-state index contributed by atoms with van der Waals surface area (Å²) < 4.78 is 50.6. The SMILES string of the molecule is COC(=O)c1ccccc1S(=O)(=O)N(Cc1cc2cc3c(cc2[nH]c1=O)OCCO3)C[C@H]1CCCO1. The van der Waals surface area contributed by atoms with Crippen molar-refractivity contribution in [3.63, 3.8) is 0 Å². The summed E-state index contributed by atoms with van der Waals surface area (Å²) in [5, 5.41) is 0.679. The quantitative estimate of drug-likeness (QED) is 0.477. The molecule has 0 aliphatic carbocycles. The van der Waals surface area contributed by atoms with E-state index in [9.17, 15) is 18.0 Å². The molecule has 0 unspecified atom stereocenters. The monoisotopic (exact) mass is 514 g/mol. The van der Waals surface area contributed by atoms with Gasteiger partial charge in [-0.05, 0) is 37.1 Å². The fourth-order valence-electron chi connectivity index (χ4n) is 4.47. The number of aromatic amines is 1. The van der Waals surface area contributed by atoms with Crippen molar-refractivity contribution >= 4 is 26.9 Å². The van der Waals surface area contributed by atoms with Gasteiger partial charge < -0.3 is 23.9 Å². The molecule has 1 fully saturated rings. The standard InChI is InChI=1S/C25H26N2O8S/c1-32-25(29)19-6-2-3-7-23(19)36(30,31)27(15-18-5-4-8-33-18)14-17-11-16-12-21-22(35-10-9-34-21)13-20(16)26-24(17)28/h2-3,6-7,11-13,18H,4-5,8-10,14-15H2,1H3,(H,26,28)/t18-/m1/s1. The summed E-state index contributed by atoms with van der Waals surface area (Å²) in [5.74, 6) is 0.337. The maximum atomic E-state index is 13.8. The first-order valence-electron chi connectivity index (χ1n) is 11.6. The Kier molecular flexibility index (Phi) is 6.69. The van der Waals surface area contributed by atoms with Crippen molar-refractivity contribution in [2.24, 2.45) is 0 Å². The third-order valence-electron chi connectivity index (χ3n) is 6.27. The maximum Gasteiger partial charge on any atom is 0.339 e. The van der Waals surface area contributed by atoms with Crippen LogP contribution in [-0.2, 0) is 26.0 Å². The number of pyridine rings is 1. The van der Waals surface area contributed by atoms with Crippen LogP contribution in [0.1, 0.15) is 28.8 Å². The Hall–Kier alpha value is -3.41. The van der Waals surface area contributed by atoms with Gasteiger partial charge in [-0.3, -0.25) is 4.79 Å². The van der Waals surface area contributed by atoms with E-state index in [2.05, 4.69) is 4.98 Å². The number of rotatable bonds is 7. The average Bonchev–Trinajstić information content (AvgIpc) is 3.40. The number of ether oxygens (including phenoxy) is 4. The van der Waals surface area contributed by atoms with E-state index in [1.54, 1.807) is 24.3 Å². The first-order valence-corrected chi connectivity index (χ1v) is 13.1. The van der Waals surface area contributed by atoms with Crippen molar-refractivity contribution < 1.29 is 32.2 Å². The van der Waals surface area contributed by atoms with E-state index >= 15 is 0 Å². The molecular formula is C25H26N2O8S. The minimum absolute atomic E-state index is 0.0382. The van der Waals surface area contributed by atoms with Gasteiger partial charge in [-0.15, -0.1) is 0 Å². The lowest BCUT2D eigenvalue weighted by molar-refractivity contribution is 0.0596. The van der Waals surface area contributed by atoms with Crippen molar-refractivity contribution in [1.29, 1.82) is 0 Å². The molecule has 5 rings (SSSR count). The molecule has 10 nitrogen and oxygen atoms in total. The average molecular weight is 515 g/mol. The van der Waals surface area contributed by atoms with Crippen LogP contribution in [0.4, 0.5) is 0 Å². The van der Waals surface area contributed by atoms with Crippen molar-refractivity contribution in [3.8, 4) is 11.5 Å². The summed E-state index contributed by atoms with van der Waals surface area (Å²) in [5.41, 5.74) is 0.301. The van der Waals surface area contributed by atoms with Crippen LogP contribution in [0.3, 0.4) is 0 Å². The molecule has 2 aliphatic heterocycles. The largest absolute Gasteiger partial charge is 0.486 e. The van der Waals surface area contributed by atoms with Gasteiger partial charge in [0.05, 0.1) is 29.2 Å². The van der Waals surface area contributed by atoms with Crippen LogP contribution in [0.5, 0.6) is 11.5 Å². The molecule has 3 aromatic rings. The number of H-pyrrole nitrogens is 1. The van der Waals surface area contributed by atoms with E-state index in [0.29, 0.717) is 48.6 Å². The Morgan fingerprint density at radius 1 is 1.11 bits per heavy atom. The molecule has 0 amide bonds. The number of aromatic nitrogens is 1. The smallest absolute Gasteiger partial charge is 0.339 e. The van der Waals surface area contributed by atoms with Gasteiger partial charge in [-0.2, -0.15) is 4.31 Å². The molecule has 0 spiro atoms. The number of carbonyl (C=O) groups is 1. The third-order valence-corrected chi connectivity index (χ3v) is 8.14. The third kappa shape index (κ3) is 4.69. The van der Waals surface area contributed by atoms with Gasteiger partial charge in [-0.25, -0.2) is 13.2 Å². The summed E-state index contributed by atoms with van der Waals surface area (Å²) in [6.45, 7) is 1.21. The predicted octanol–water partition coefficient (Wildman–Crippen LogP) is 2.46. The van der Waals surface area contributed by atoms with Gasteiger partial charge in [0.25, 0.3) is 5.56 Å². The number of hydrogen-bond acceptors (Lipinski definition) is 8. The van der Waals surface area contributed by atoms with E-state index < -0.39 is 21.6 Å². The fourth-order valence-corrected chi connectivity index (χ4v) is 6.10. The molecule has 11 heteroatoms. The van der Waals surface area contributed by atoms with E-state index in [-0.39, 0.29) is 35.2 Å². The lowest BCUT2D eigenvalue weighted by atomic mass is 10.1. The molecule has 0 saturated carbocycles. The molecule has 1 N–H and O–H groups in total. The van der Waals surface area contributed by atoms with Crippen molar-refractivity contribution in [1.82, 2.24) is 9.29 Å². The Bertz CT molecular complexity index is 1460. The van der Waals surface area contributed by atoms with Crippen molar-refractivity contribution in [2.45, 2.75) is 30.4 Å². The number of nitrogens with one attached hydrogen (secondary N) is 1. The molecule has 190 valence electrons. The van der Waals surface area contributed by atoms with Crippen LogP contribution >= 0.6 is 0 Å². The van der Waals surface area contributed by atoms with Crippen LogP contribution in [0, 0.1) is 0 Å². The van der Waals surface area contributed by atoms with E-state index in [0.717, 1.165) is 6.42 Å². The Balaban J connectivity index is 1.55. The zero-order valence-electron chi connectivity index (χ0n) is 19.7. The molecule has 36 heavy (non-hydrogen) atoms. The second kappa shape index (κ2) is 9.92. The summed E-state index contributed by atoms with van der Waals surface area (Å²) in [6.07, 6.45) is 1.20. The van der Waals surface area contributed by atoms with Gasteiger partial charge >= 0.3 is 5.97 Å². The number of nitrogens with zero attached hydrogens (tertiary/aromatic N) is 1. The van der Waals surface area contributed by atoms with E-state index in [1.165, 1.54) is 29.6 Å². The van der Waals surface area contributed by atoms with Crippen molar-refractivity contribution in [2.75, 3.05) is 33.5 Å². The van der Waals surface area contributed by atoms with Crippen LogP contribution in [0.25, 0.3) is 10.9 Å². The first-order chi connectivity index (χ1) is 17.4. The van der Waals surface area contributed by atoms with E-state index in [1.807, 2.05) is 0 Å². The lowest BCUT2D eigenvalue weighted by Gasteiger charge is -2.25. The summed E-state index contributed by atoms with van der Waals surface area (Å²) >= 11 is 0. The van der Waals surface area contributed by atoms with Crippen LogP contribution < -0.4 is 15.0 Å². The molecule has 1 saturated heterocycles. The molecule has 0 radical (unpaired) electrons. The summed E-state index contributed by atoms with van der Waals surface area (Å²) in [6, 6.07) is 11.0. The number of methoxy groups -OCH3 is 1. The minimum Gasteiger partial charge on any atom is -0.486 e. The first kappa shape index (κ1) is 24.3. The number of esters is 1. The van der Waals surface area contributed by atoms with Gasteiger partial charge in [-0.1, -0.05) is 12.1 Å². The number of benzene rings is 2. The summed E-state index contributed by atoms with van der Waals surface area (Å²) in [7, 11) is -3.01. The number of hydrogen-bond donors (Lipinski definition) is 1. The maximum absolute atomic E-state index is 13.8. The van der Waals surface area contributed by atoms with Gasteiger partial charge in [0.15, 0.2) is 11.5 Å². The minimum atomic E-state index is -4.20. The predicted molar refractivity (Wildman–Crippen MR) is 130 cm³/mol. The molecule has 2 aliphatic rings. The second-order valence-corrected chi connectivity index (χ2v) is 10.5. The molecule has 0 bridgehead atoms.